The first kappa shape index (κ1) is 15.3. The lowest BCUT2D eigenvalue weighted by Gasteiger charge is -2.16. The minimum Gasteiger partial charge on any atom is -0.481 e. The van der Waals surface area contributed by atoms with Gasteiger partial charge in [0.15, 0.2) is 0 Å². The number of carboxylic acid groups (broad SMARTS) is 1. The van der Waals surface area contributed by atoms with Crippen molar-refractivity contribution in [2.75, 3.05) is 13.1 Å². The van der Waals surface area contributed by atoms with E-state index in [4.69, 9.17) is 4.42 Å². The summed E-state index contributed by atoms with van der Waals surface area (Å²) in [7, 11) is 0. The first-order chi connectivity index (χ1) is 11.0. The Balaban J connectivity index is 1.87. The molecule has 3 rings (SSSR count). The second-order valence-corrected chi connectivity index (χ2v) is 5.87. The number of aryl methyl sites for hydroxylation is 2. The summed E-state index contributed by atoms with van der Waals surface area (Å²) in [6.45, 7) is 4.10. The molecule has 6 heteroatoms. The highest BCUT2D eigenvalue weighted by atomic mass is 16.4. The van der Waals surface area contributed by atoms with Gasteiger partial charge in [-0.15, -0.1) is 0 Å². The van der Waals surface area contributed by atoms with Gasteiger partial charge in [0.2, 0.25) is 0 Å². The van der Waals surface area contributed by atoms with Crippen LogP contribution in [-0.2, 0) is 4.79 Å². The van der Waals surface area contributed by atoms with E-state index in [0.717, 1.165) is 5.56 Å². The molecule has 0 radical (unpaired) electrons. The Morgan fingerprint density at radius 3 is 2.52 bits per heavy atom. The summed E-state index contributed by atoms with van der Waals surface area (Å²) < 4.78 is 5.41. The van der Waals surface area contributed by atoms with Gasteiger partial charge < -0.3 is 14.4 Å². The average molecular weight is 314 g/mol. The monoisotopic (exact) mass is 314 g/mol. The van der Waals surface area contributed by atoms with E-state index in [0.29, 0.717) is 23.6 Å². The van der Waals surface area contributed by atoms with Gasteiger partial charge in [0, 0.05) is 31.4 Å². The van der Waals surface area contributed by atoms with Crippen LogP contribution in [0.25, 0.3) is 0 Å². The topological polar surface area (TPSA) is 83.6 Å². The molecule has 0 unspecified atom stereocenters. The number of likely N-dealkylation sites (tertiary alicyclic amines) is 1. The number of nitrogens with zero attached hydrogens (tertiary/aromatic N) is 2. The molecule has 1 saturated heterocycles. The Hall–Kier alpha value is -2.63. The third kappa shape index (κ3) is 2.84. The summed E-state index contributed by atoms with van der Waals surface area (Å²) in [6.07, 6.45) is 3.28. The van der Waals surface area contributed by atoms with Gasteiger partial charge in [0.1, 0.15) is 11.5 Å². The number of aliphatic carboxylic acids is 1. The van der Waals surface area contributed by atoms with Crippen LogP contribution in [0.3, 0.4) is 0 Å². The van der Waals surface area contributed by atoms with Crippen molar-refractivity contribution in [2.24, 2.45) is 5.92 Å². The molecule has 2 atom stereocenters. The quantitative estimate of drug-likeness (QED) is 0.939. The van der Waals surface area contributed by atoms with Crippen LogP contribution >= 0.6 is 0 Å². The van der Waals surface area contributed by atoms with Crippen LogP contribution in [0.4, 0.5) is 0 Å². The number of hydrogen-bond donors (Lipinski definition) is 1. The molecular weight excluding hydrogens is 296 g/mol. The highest BCUT2D eigenvalue weighted by Gasteiger charge is 2.41. The first-order valence-electron chi connectivity index (χ1n) is 7.46. The van der Waals surface area contributed by atoms with Crippen LogP contribution in [0.1, 0.15) is 33.4 Å². The molecule has 2 aromatic rings. The molecule has 120 valence electrons. The van der Waals surface area contributed by atoms with Crippen molar-refractivity contribution in [1.82, 2.24) is 9.88 Å². The van der Waals surface area contributed by atoms with Crippen molar-refractivity contribution in [3.8, 4) is 0 Å². The predicted molar refractivity (Wildman–Crippen MR) is 82.2 cm³/mol. The van der Waals surface area contributed by atoms with Crippen molar-refractivity contribution in [1.29, 1.82) is 0 Å². The summed E-state index contributed by atoms with van der Waals surface area (Å²) >= 11 is 0. The number of furan rings is 1. The maximum atomic E-state index is 12.7. The van der Waals surface area contributed by atoms with E-state index in [2.05, 4.69) is 4.98 Å². The summed E-state index contributed by atoms with van der Waals surface area (Å²) in [5.74, 6) is -0.677. The molecular formula is C17H18N2O4. The smallest absolute Gasteiger partial charge is 0.308 e. The van der Waals surface area contributed by atoms with Gasteiger partial charge in [0.05, 0.1) is 11.5 Å². The van der Waals surface area contributed by atoms with Gasteiger partial charge in [-0.05, 0) is 37.6 Å². The summed E-state index contributed by atoms with van der Waals surface area (Å²) in [5, 5.41) is 9.50. The maximum absolute atomic E-state index is 12.7. The number of carboxylic acids is 1. The van der Waals surface area contributed by atoms with Crippen LogP contribution in [0.2, 0.25) is 0 Å². The molecule has 6 nitrogen and oxygen atoms in total. The highest BCUT2D eigenvalue weighted by Crippen LogP contribution is 2.34. The van der Waals surface area contributed by atoms with Crippen LogP contribution in [-0.4, -0.2) is 40.0 Å². The van der Waals surface area contributed by atoms with Gasteiger partial charge in [0.25, 0.3) is 5.91 Å². The van der Waals surface area contributed by atoms with E-state index < -0.39 is 11.9 Å². The zero-order valence-electron chi connectivity index (χ0n) is 13.0. The maximum Gasteiger partial charge on any atom is 0.308 e. The first-order valence-corrected chi connectivity index (χ1v) is 7.46. The van der Waals surface area contributed by atoms with Crippen molar-refractivity contribution >= 4 is 11.9 Å². The van der Waals surface area contributed by atoms with Crippen LogP contribution in [0, 0.1) is 19.8 Å². The molecule has 23 heavy (non-hydrogen) atoms. The normalized spacial score (nSPS) is 20.7. The largest absolute Gasteiger partial charge is 0.481 e. The van der Waals surface area contributed by atoms with Crippen LogP contribution < -0.4 is 0 Å². The number of hydrogen-bond acceptors (Lipinski definition) is 4. The average Bonchev–Trinajstić information content (AvgIpc) is 3.11. The van der Waals surface area contributed by atoms with E-state index >= 15 is 0 Å². The van der Waals surface area contributed by atoms with Gasteiger partial charge in [-0.3, -0.25) is 14.6 Å². The summed E-state index contributed by atoms with van der Waals surface area (Å²) in [4.78, 5) is 29.8. The van der Waals surface area contributed by atoms with Crippen molar-refractivity contribution in [3.63, 3.8) is 0 Å². The SMILES string of the molecule is Cc1cc(C(=O)N2C[C@@H](C(=O)O)[C@H](c3ccncc3)C2)c(C)o1. The molecule has 0 bridgehead atoms. The zero-order valence-corrected chi connectivity index (χ0v) is 13.0. The number of rotatable bonds is 3. The van der Waals surface area contributed by atoms with Crippen LogP contribution in [0.5, 0.6) is 0 Å². The molecule has 1 N–H and O–H groups in total. The predicted octanol–water partition coefficient (Wildman–Crippen LogP) is 2.23. The highest BCUT2D eigenvalue weighted by molar-refractivity contribution is 5.96. The molecule has 2 aromatic heterocycles. The van der Waals surface area contributed by atoms with E-state index in [1.807, 2.05) is 12.1 Å². The molecule has 0 aliphatic carbocycles. The Morgan fingerprint density at radius 1 is 1.26 bits per heavy atom. The number of pyridine rings is 1. The fraction of sp³-hybridized carbons (Fsp3) is 0.353. The Bertz CT molecular complexity index is 738. The number of aromatic nitrogens is 1. The molecule has 1 aliphatic heterocycles. The molecule has 1 fully saturated rings. The minimum absolute atomic E-state index is 0.179. The van der Waals surface area contributed by atoms with Gasteiger partial charge in [-0.2, -0.15) is 0 Å². The van der Waals surface area contributed by atoms with Gasteiger partial charge in [-0.25, -0.2) is 0 Å². The van der Waals surface area contributed by atoms with Gasteiger partial charge in [-0.1, -0.05) is 0 Å². The fourth-order valence-corrected chi connectivity index (χ4v) is 3.18. The lowest BCUT2D eigenvalue weighted by molar-refractivity contribution is -0.141. The third-order valence-electron chi connectivity index (χ3n) is 4.33. The minimum atomic E-state index is -0.887. The Morgan fingerprint density at radius 2 is 1.96 bits per heavy atom. The molecule has 0 saturated carbocycles. The van der Waals surface area contributed by atoms with Crippen LogP contribution in [0.15, 0.2) is 35.0 Å². The second kappa shape index (κ2) is 5.87. The third-order valence-corrected chi connectivity index (χ3v) is 4.33. The summed E-state index contributed by atoms with van der Waals surface area (Å²) in [5.41, 5.74) is 1.39. The lowest BCUT2D eigenvalue weighted by Crippen LogP contribution is -2.30. The number of amides is 1. The molecule has 3 heterocycles. The standard InChI is InChI=1S/C17H18N2O4/c1-10-7-13(11(2)23-10)16(20)19-8-14(15(9-19)17(21)22)12-3-5-18-6-4-12/h3-7,14-15H,8-9H2,1-2H3,(H,21,22)/t14-,15+/m0/s1. The van der Waals surface area contributed by atoms with Crippen molar-refractivity contribution < 1.29 is 19.1 Å². The van der Waals surface area contributed by atoms with Crippen molar-refractivity contribution in [2.45, 2.75) is 19.8 Å². The van der Waals surface area contributed by atoms with E-state index in [1.165, 1.54) is 0 Å². The van der Waals surface area contributed by atoms with Gasteiger partial charge >= 0.3 is 5.97 Å². The molecule has 0 aromatic carbocycles. The lowest BCUT2D eigenvalue weighted by atomic mass is 9.90. The number of carbonyl (C=O) groups excluding carboxylic acids is 1. The Labute approximate surface area is 133 Å². The van der Waals surface area contributed by atoms with E-state index in [-0.39, 0.29) is 18.4 Å². The number of carbonyl (C=O) groups is 2. The molecule has 1 aliphatic rings. The second-order valence-electron chi connectivity index (χ2n) is 5.87. The van der Waals surface area contributed by atoms with E-state index in [1.54, 1.807) is 37.2 Å². The molecule has 0 spiro atoms. The van der Waals surface area contributed by atoms with E-state index in [9.17, 15) is 14.7 Å². The molecule has 1 amide bonds. The Kier molecular flexibility index (Phi) is 3.90. The fourth-order valence-electron chi connectivity index (χ4n) is 3.18. The van der Waals surface area contributed by atoms with Crippen molar-refractivity contribution in [3.05, 3.63) is 53.2 Å². The summed E-state index contributed by atoms with van der Waals surface area (Å²) in [6, 6.07) is 5.32. The zero-order chi connectivity index (χ0) is 16.6.